The summed E-state index contributed by atoms with van der Waals surface area (Å²) in [6, 6.07) is -0.136. The standard InChI is InChI=1S/C9H17N3OS/c1-4-6(2)8(10)9-11-7(5-14-3)12-13-9/h6,8H,4-5,10H2,1-3H3. The van der Waals surface area contributed by atoms with E-state index in [9.17, 15) is 0 Å². The van der Waals surface area contributed by atoms with Crippen molar-refractivity contribution in [2.24, 2.45) is 11.7 Å². The minimum Gasteiger partial charge on any atom is -0.338 e. The normalized spacial score (nSPS) is 15.4. The first-order valence-corrected chi connectivity index (χ1v) is 6.15. The summed E-state index contributed by atoms with van der Waals surface area (Å²) in [4.78, 5) is 4.25. The number of thioether (sulfide) groups is 1. The van der Waals surface area contributed by atoms with Crippen LogP contribution in [0.4, 0.5) is 0 Å². The predicted molar refractivity (Wildman–Crippen MR) is 57.9 cm³/mol. The lowest BCUT2D eigenvalue weighted by atomic mass is 10.0. The number of nitrogens with two attached hydrogens (primary N) is 1. The van der Waals surface area contributed by atoms with E-state index in [1.807, 2.05) is 6.26 Å². The van der Waals surface area contributed by atoms with Gasteiger partial charge in [-0.3, -0.25) is 0 Å². The SMILES string of the molecule is CCC(C)C(N)c1nc(CSC)no1. The van der Waals surface area contributed by atoms with E-state index >= 15 is 0 Å². The molecule has 1 aromatic rings. The lowest BCUT2D eigenvalue weighted by Gasteiger charge is -2.12. The first-order chi connectivity index (χ1) is 6.69. The maximum absolute atomic E-state index is 5.96. The van der Waals surface area contributed by atoms with Crippen LogP contribution >= 0.6 is 11.8 Å². The van der Waals surface area contributed by atoms with Crippen LogP contribution < -0.4 is 5.73 Å². The largest absolute Gasteiger partial charge is 0.338 e. The van der Waals surface area contributed by atoms with Gasteiger partial charge < -0.3 is 10.3 Å². The van der Waals surface area contributed by atoms with E-state index < -0.39 is 0 Å². The molecule has 0 saturated carbocycles. The molecule has 0 radical (unpaired) electrons. The predicted octanol–water partition coefficient (Wildman–Crippen LogP) is 1.98. The summed E-state index contributed by atoms with van der Waals surface area (Å²) in [5, 5.41) is 3.86. The molecule has 0 aliphatic heterocycles. The molecule has 80 valence electrons. The van der Waals surface area contributed by atoms with E-state index in [4.69, 9.17) is 10.3 Å². The molecule has 2 atom stereocenters. The van der Waals surface area contributed by atoms with Crippen molar-refractivity contribution in [3.63, 3.8) is 0 Å². The lowest BCUT2D eigenvalue weighted by molar-refractivity contribution is 0.311. The Kier molecular flexibility index (Phi) is 4.41. The first kappa shape index (κ1) is 11.5. The molecule has 0 bridgehead atoms. The summed E-state index contributed by atoms with van der Waals surface area (Å²) in [5.74, 6) is 2.43. The Hall–Kier alpha value is -0.550. The number of aromatic nitrogens is 2. The maximum atomic E-state index is 5.96. The molecule has 2 N–H and O–H groups in total. The lowest BCUT2D eigenvalue weighted by Crippen LogP contribution is -2.18. The third-order valence-corrected chi connectivity index (χ3v) is 2.85. The Balaban J connectivity index is 2.65. The van der Waals surface area contributed by atoms with Gasteiger partial charge >= 0.3 is 0 Å². The van der Waals surface area contributed by atoms with Gasteiger partial charge in [-0.25, -0.2) is 0 Å². The number of nitrogens with zero attached hydrogens (tertiary/aromatic N) is 2. The van der Waals surface area contributed by atoms with E-state index in [-0.39, 0.29) is 6.04 Å². The fourth-order valence-corrected chi connectivity index (χ4v) is 1.46. The summed E-state index contributed by atoms with van der Waals surface area (Å²) >= 11 is 1.67. The fraction of sp³-hybridized carbons (Fsp3) is 0.778. The van der Waals surface area contributed by atoms with Gasteiger partial charge in [-0.2, -0.15) is 16.7 Å². The van der Waals surface area contributed by atoms with Gasteiger partial charge in [-0.15, -0.1) is 0 Å². The molecule has 0 fully saturated rings. The van der Waals surface area contributed by atoms with Crippen LogP contribution in [0.15, 0.2) is 4.52 Å². The minimum atomic E-state index is -0.136. The smallest absolute Gasteiger partial charge is 0.243 e. The Labute approximate surface area is 88.6 Å². The second kappa shape index (κ2) is 5.36. The fourth-order valence-electron chi connectivity index (χ4n) is 1.09. The summed E-state index contributed by atoms with van der Waals surface area (Å²) in [6.07, 6.45) is 3.02. The molecule has 4 nitrogen and oxygen atoms in total. The molecule has 1 rings (SSSR count). The van der Waals surface area contributed by atoms with Crippen molar-refractivity contribution in [3.8, 4) is 0 Å². The molecule has 1 heterocycles. The van der Waals surface area contributed by atoms with Crippen LogP contribution in [0.5, 0.6) is 0 Å². The zero-order valence-electron chi connectivity index (χ0n) is 8.86. The minimum absolute atomic E-state index is 0.136. The molecular formula is C9H17N3OS. The van der Waals surface area contributed by atoms with E-state index in [0.717, 1.165) is 18.0 Å². The van der Waals surface area contributed by atoms with Gasteiger partial charge in [0.1, 0.15) is 0 Å². The first-order valence-electron chi connectivity index (χ1n) is 4.76. The zero-order valence-corrected chi connectivity index (χ0v) is 9.67. The molecule has 0 spiro atoms. The van der Waals surface area contributed by atoms with Crippen LogP contribution in [0, 0.1) is 5.92 Å². The average molecular weight is 215 g/mol. The number of rotatable bonds is 5. The highest BCUT2D eigenvalue weighted by atomic mass is 32.2. The molecule has 14 heavy (non-hydrogen) atoms. The van der Waals surface area contributed by atoms with Crippen LogP contribution in [-0.4, -0.2) is 16.4 Å². The van der Waals surface area contributed by atoms with E-state index in [1.54, 1.807) is 11.8 Å². The van der Waals surface area contributed by atoms with Crippen LogP contribution in [-0.2, 0) is 5.75 Å². The molecule has 2 unspecified atom stereocenters. The van der Waals surface area contributed by atoms with Crippen molar-refractivity contribution < 1.29 is 4.52 Å². The molecule has 0 saturated heterocycles. The van der Waals surface area contributed by atoms with Crippen molar-refractivity contribution in [2.75, 3.05) is 6.26 Å². The third kappa shape index (κ3) is 2.72. The zero-order chi connectivity index (χ0) is 10.6. The van der Waals surface area contributed by atoms with Crippen molar-refractivity contribution in [2.45, 2.75) is 32.1 Å². The highest BCUT2D eigenvalue weighted by molar-refractivity contribution is 7.97. The maximum Gasteiger partial charge on any atom is 0.243 e. The van der Waals surface area contributed by atoms with Gasteiger partial charge in [-0.05, 0) is 12.2 Å². The molecule has 5 heteroatoms. The third-order valence-electron chi connectivity index (χ3n) is 2.30. The Bertz CT molecular complexity index is 277. The number of hydrogen-bond acceptors (Lipinski definition) is 5. The van der Waals surface area contributed by atoms with Gasteiger partial charge in [0.25, 0.3) is 0 Å². The van der Waals surface area contributed by atoms with Gasteiger partial charge in [0, 0.05) is 0 Å². The topological polar surface area (TPSA) is 64.9 Å². The van der Waals surface area contributed by atoms with Crippen molar-refractivity contribution in [1.82, 2.24) is 10.1 Å². The second-order valence-corrected chi connectivity index (χ2v) is 4.26. The van der Waals surface area contributed by atoms with Crippen LogP contribution in [0.1, 0.15) is 38.0 Å². The summed E-state index contributed by atoms with van der Waals surface area (Å²) in [6.45, 7) is 4.19. The summed E-state index contributed by atoms with van der Waals surface area (Å²) < 4.78 is 5.10. The Morgan fingerprint density at radius 2 is 2.29 bits per heavy atom. The van der Waals surface area contributed by atoms with Crippen LogP contribution in [0.2, 0.25) is 0 Å². The number of hydrogen-bond donors (Lipinski definition) is 1. The molecule has 0 amide bonds. The van der Waals surface area contributed by atoms with Crippen molar-refractivity contribution in [1.29, 1.82) is 0 Å². The quantitative estimate of drug-likeness (QED) is 0.813. The van der Waals surface area contributed by atoms with E-state index in [2.05, 4.69) is 24.0 Å². The Morgan fingerprint density at radius 3 is 2.86 bits per heavy atom. The van der Waals surface area contributed by atoms with Gasteiger partial charge in [0.05, 0.1) is 11.8 Å². The van der Waals surface area contributed by atoms with Crippen LogP contribution in [0.25, 0.3) is 0 Å². The van der Waals surface area contributed by atoms with E-state index in [0.29, 0.717) is 11.8 Å². The van der Waals surface area contributed by atoms with Crippen molar-refractivity contribution >= 4 is 11.8 Å². The second-order valence-electron chi connectivity index (χ2n) is 3.39. The molecule has 0 aliphatic carbocycles. The van der Waals surface area contributed by atoms with Crippen molar-refractivity contribution in [3.05, 3.63) is 11.7 Å². The van der Waals surface area contributed by atoms with E-state index in [1.165, 1.54) is 0 Å². The van der Waals surface area contributed by atoms with Gasteiger partial charge in [0.15, 0.2) is 5.82 Å². The highest BCUT2D eigenvalue weighted by Gasteiger charge is 2.19. The monoisotopic (exact) mass is 215 g/mol. The molecule has 1 aromatic heterocycles. The van der Waals surface area contributed by atoms with Gasteiger partial charge in [-0.1, -0.05) is 25.4 Å². The average Bonchev–Trinajstić information content (AvgIpc) is 2.64. The summed E-state index contributed by atoms with van der Waals surface area (Å²) in [7, 11) is 0. The summed E-state index contributed by atoms with van der Waals surface area (Å²) in [5.41, 5.74) is 5.96. The molecule has 0 aliphatic rings. The van der Waals surface area contributed by atoms with Gasteiger partial charge in [0.2, 0.25) is 5.89 Å². The highest BCUT2D eigenvalue weighted by Crippen LogP contribution is 2.20. The van der Waals surface area contributed by atoms with Crippen LogP contribution in [0.3, 0.4) is 0 Å². The molecular weight excluding hydrogens is 198 g/mol. The molecule has 0 aromatic carbocycles. The Morgan fingerprint density at radius 1 is 1.57 bits per heavy atom.